The SMILES string of the molecule is CCC[C@@]1(O)CC[C@@]2(C)[C@@H](CC[C@@H]3[C@@H]2CC[C@]2(C)[C@@H](C4(C)CO4)CC[C@@H]32)C1. The van der Waals surface area contributed by atoms with Gasteiger partial charge in [0.15, 0.2) is 0 Å². The molecule has 5 aliphatic rings. The van der Waals surface area contributed by atoms with E-state index in [2.05, 4.69) is 27.7 Å². The standard InChI is InChI=1S/C25H42O2/c1-5-11-25(26)14-13-22(2)17(15-25)6-7-18-19-8-9-21(24(4)16-27-24)23(19,3)12-10-20(18)22/h17-21,26H,5-16H2,1-4H3/t17-,18-,19-,20-,21-,22-,23-,24?,25+/m0/s1. The molecule has 1 saturated heterocycles. The first-order valence-electron chi connectivity index (χ1n) is 12.1. The summed E-state index contributed by atoms with van der Waals surface area (Å²) in [4.78, 5) is 0. The average molecular weight is 375 g/mol. The molecule has 9 atom stereocenters. The molecule has 154 valence electrons. The molecule has 4 aliphatic carbocycles. The molecule has 1 N–H and O–H groups in total. The number of ether oxygens (including phenoxy) is 1. The fraction of sp³-hybridized carbons (Fsp3) is 1.00. The number of aliphatic hydroxyl groups is 1. The summed E-state index contributed by atoms with van der Waals surface area (Å²) in [5, 5.41) is 11.1. The summed E-state index contributed by atoms with van der Waals surface area (Å²) in [7, 11) is 0. The van der Waals surface area contributed by atoms with Crippen LogP contribution in [0.2, 0.25) is 0 Å². The Morgan fingerprint density at radius 3 is 2.33 bits per heavy atom. The Balaban J connectivity index is 1.38. The number of epoxide rings is 1. The third kappa shape index (κ3) is 2.64. The Morgan fingerprint density at radius 1 is 0.889 bits per heavy atom. The fourth-order valence-corrected chi connectivity index (χ4v) is 9.33. The van der Waals surface area contributed by atoms with Gasteiger partial charge in [0.2, 0.25) is 0 Å². The lowest BCUT2D eigenvalue weighted by molar-refractivity contribution is -0.154. The minimum Gasteiger partial charge on any atom is -0.390 e. The molecule has 5 fully saturated rings. The highest BCUT2D eigenvalue weighted by atomic mass is 16.6. The molecule has 0 spiro atoms. The zero-order chi connectivity index (χ0) is 19.1. The molecule has 0 aromatic carbocycles. The van der Waals surface area contributed by atoms with Gasteiger partial charge in [0.1, 0.15) is 0 Å². The van der Waals surface area contributed by atoms with E-state index < -0.39 is 0 Å². The van der Waals surface area contributed by atoms with Crippen LogP contribution in [0, 0.1) is 40.4 Å². The summed E-state index contributed by atoms with van der Waals surface area (Å²) < 4.78 is 5.95. The van der Waals surface area contributed by atoms with Gasteiger partial charge in [-0.3, -0.25) is 0 Å². The Kier molecular flexibility index (Phi) is 4.18. The molecule has 2 heteroatoms. The Hall–Kier alpha value is -0.0800. The molecule has 4 saturated carbocycles. The van der Waals surface area contributed by atoms with Crippen molar-refractivity contribution in [2.45, 2.75) is 110 Å². The van der Waals surface area contributed by atoms with Gasteiger partial charge in [0, 0.05) is 0 Å². The first kappa shape index (κ1) is 18.9. The fourth-order valence-electron chi connectivity index (χ4n) is 9.33. The Morgan fingerprint density at radius 2 is 1.63 bits per heavy atom. The first-order chi connectivity index (χ1) is 12.7. The second-order valence-electron chi connectivity index (χ2n) is 12.1. The van der Waals surface area contributed by atoms with Crippen molar-refractivity contribution >= 4 is 0 Å². The van der Waals surface area contributed by atoms with Gasteiger partial charge in [-0.2, -0.15) is 0 Å². The van der Waals surface area contributed by atoms with Crippen LogP contribution in [0.5, 0.6) is 0 Å². The van der Waals surface area contributed by atoms with E-state index in [-0.39, 0.29) is 11.2 Å². The quantitative estimate of drug-likeness (QED) is 0.618. The largest absolute Gasteiger partial charge is 0.390 e. The molecule has 0 aromatic rings. The van der Waals surface area contributed by atoms with Gasteiger partial charge in [-0.1, -0.05) is 27.2 Å². The van der Waals surface area contributed by atoms with Gasteiger partial charge in [0.25, 0.3) is 0 Å². The minimum atomic E-state index is -0.356. The van der Waals surface area contributed by atoms with E-state index in [0.29, 0.717) is 10.8 Å². The van der Waals surface area contributed by atoms with Crippen LogP contribution in [0.1, 0.15) is 98.3 Å². The lowest BCUT2D eigenvalue weighted by Gasteiger charge is -2.62. The summed E-state index contributed by atoms with van der Waals surface area (Å²) in [5.41, 5.74) is 0.861. The van der Waals surface area contributed by atoms with E-state index in [0.717, 1.165) is 61.9 Å². The number of rotatable bonds is 3. The number of hydrogen-bond acceptors (Lipinski definition) is 2. The average Bonchev–Trinajstić information content (AvgIpc) is 3.24. The van der Waals surface area contributed by atoms with Crippen molar-refractivity contribution in [3.63, 3.8) is 0 Å². The topological polar surface area (TPSA) is 32.8 Å². The Bertz CT molecular complexity index is 597. The third-order valence-corrected chi connectivity index (χ3v) is 10.9. The van der Waals surface area contributed by atoms with Crippen LogP contribution < -0.4 is 0 Å². The summed E-state index contributed by atoms with van der Waals surface area (Å²) >= 11 is 0. The molecule has 1 aliphatic heterocycles. The molecule has 2 nitrogen and oxygen atoms in total. The van der Waals surface area contributed by atoms with Crippen LogP contribution in [0.15, 0.2) is 0 Å². The number of fused-ring (bicyclic) bond motifs is 5. The van der Waals surface area contributed by atoms with Crippen LogP contribution >= 0.6 is 0 Å². The van der Waals surface area contributed by atoms with Crippen molar-refractivity contribution in [3.05, 3.63) is 0 Å². The summed E-state index contributed by atoms with van der Waals surface area (Å²) in [5.74, 6) is 4.33. The predicted molar refractivity (Wildman–Crippen MR) is 109 cm³/mol. The molecule has 0 radical (unpaired) electrons. The molecule has 5 rings (SSSR count). The highest BCUT2D eigenvalue weighted by Gasteiger charge is 2.65. The maximum atomic E-state index is 11.1. The lowest BCUT2D eigenvalue weighted by atomic mass is 9.43. The lowest BCUT2D eigenvalue weighted by Crippen LogP contribution is -2.56. The van der Waals surface area contributed by atoms with Gasteiger partial charge in [0.05, 0.1) is 17.8 Å². The van der Waals surface area contributed by atoms with E-state index in [4.69, 9.17) is 4.74 Å². The molecule has 0 amide bonds. The van der Waals surface area contributed by atoms with E-state index >= 15 is 0 Å². The van der Waals surface area contributed by atoms with Crippen LogP contribution in [0.25, 0.3) is 0 Å². The highest BCUT2D eigenvalue weighted by molar-refractivity contribution is 5.14. The van der Waals surface area contributed by atoms with Crippen molar-refractivity contribution < 1.29 is 9.84 Å². The van der Waals surface area contributed by atoms with E-state index in [9.17, 15) is 5.11 Å². The minimum absolute atomic E-state index is 0.207. The van der Waals surface area contributed by atoms with Crippen LogP contribution in [-0.2, 0) is 4.74 Å². The molecular weight excluding hydrogens is 332 g/mol. The van der Waals surface area contributed by atoms with Crippen molar-refractivity contribution in [2.24, 2.45) is 40.4 Å². The zero-order valence-corrected chi connectivity index (χ0v) is 18.2. The molecule has 1 unspecified atom stereocenters. The molecule has 1 heterocycles. The van der Waals surface area contributed by atoms with Crippen LogP contribution in [-0.4, -0.2) is 22.9 Å². The van der Waals surface area contributed by atoms with Crippen molar-refractivity contribution in [3.8, 4) is 0 Å². The number of hydrogen-bond donors (Lipinski definition) is 1. The van der Waals surface area contributed by atoms with Gasteiger partial charge >= 0.3 is 0 Å². The second kappa shape index (κ2) is 5.97. The molecule has 0 bridgehead atoms. The van der Waals surface area contributed by atoms with Gasteiger partial charge in [-0.15, -0.1) is 0 Å². The van der Waals surface area contributed by atoms with E-state index in [1.165, 1.54) is 44.9 Å². The Labute approximate surface area is 166 Å². The maximum absolute atomic E-state index is 11.1. The second-order valence-corrected chi connectivity index (χ2v) is 12.1. The van der Waals surface area contributed by atoms with Crippen LogP contribution in [0.3, 0.4) is 0 Å². The van der Waals surface area contributed by atoms with E-state index in [1.54, 1.807) is 0 Å². The summed E-state index contributed by atoms with van der Waals surface area (Å²) in [6.45, 7) is 10.9. The normalized spacial score (nSPS) is 59.7. The highest BCUT2D eigenvalue weighted by Crippen LogP contribution is 2.70. The van der Waals surface area contributed by atoms with Gasteiger partial charge in [-0.25, -0.2) is 0 Å². The monoisotopic (exact) mass is 374 g/mol. The van der Waals surface area contributed by atoms with Gasteiger partial charge < -0.3 is 9.84 Å². The van der Waals surface area contributed by atoms with Crippen molar-refractivity contribution in [1.82, 2.24) is 0 Å². The molecular formula is C25H42O2. The first-order valence-corrected chi connectivity index (χ1v) is 12.1. The summed E-state index contributed by atoms with van der Waals surface area (Å²) in [6, 6.07) is 0. The van der Waals surface area contributed by atoms with Gasteiger partial charge in [-0.05, 0) is 112 Å². The van der Waals surface area contributed by atoms with E-state index in [1.807, 2.05) is 0 Å². The van der Waals surface area contributed by atoms with Crippen molar-refractivity contribution in [2.75, 3.05) is 6.61 Å². The molecule has 0 aromatic heterocycles. The smallest absolute Gasteiger partial charge is 0.0921 e. The van der Waals surface area contributed by atoms with Crippen LogP contribution in [0.4, 0.5) is 0 Å². The summed E-state index contributed by atoms with van der Waals surface area (Å²) in [6.07, 6.45) is 14.0. The zero-order valence-electron chi connectivity index (χ0n) is 18.2. The third-order valence-electron chi connectivity index (χ3n) is 10.9. The molecule has 27 heavy (non-hydrogen) atoms. The van der Waals surface area contributed by atoms with Crippen molar-refractivity contribution in [1.29, 1.82) is 0 Å². The maximum Gasteiger partial charge on any atom is 0.0921 e. The predicted octanol–water partition coefficient (Wildman–Crippen LogP) is 5.97.